The van der Waals surface area contributed by atoms with Crippen LogP contribution in [0.25, 0.3) is 0 Å². The summed E-state index contributed by atoms with van der Waals surface area (Å²) in [5.41, 5.74) is 0.533. The fourth-order valence-corrected chi connectivity index (χ4v) is 6.18. The van der Waals surface area contributed by atoms with Gasteiger partial charge in [0.15, 0.2) is 0 Å². The van der Waals surface area contributed by atoms with Gasteiger partial charge in [-0.2, -0.15) is 0 Å². The minimum atomic E-state index is -0.0123. The first-order valence-corrected chi connectivity index (χ1v) is 8.61. The molecule has 0 aromatic heterocycles. The maximum absolute atomic E-state index is 10.0. The van der Waals surface area contributed by atoms with E-state index >= 15 is 0 Å². The third-order valence-corrected chi connectivity index (χ3v) is 7.57. The smallest absolute Gasteiger partial charge is 0.0543 e. The number of fused-ring (bicyclic) bond motifs is 3. The fraction of sp³-hybridized carbons (Fsp3) is 1.00. The molecule has 1 heteroatoms. The Morgan fingerprint density at radius 3 is 2.42 bits per heavy atom. The van der Waals surface area contributed by atoms with Crippen LogP contribution >= 0.6 is 0 Å². The van der Waals surface area contributed by atoms with Gasteiger partial charge in [-0.1, -0.05) is 34.1 Å². The molecule has 0 saturated heterocycles. The van der Waals surface area contributed by atoms with Crippen molar-refractivity contribution in [3.05, 3.63) is 0 Å². The van der Waals surface area contributed by atoms with Crippen LogP contribution < -0.4 is 0 Å². The molecule has 3 aliphatic carbocycles. The van der Waals surface area contributed by atoms with E-state index in [0.717, 1.165) is 48.3 Å². The maximum atomic E-state index is 10.0. The zero-order valence-corrected chi connectivity index (χ0v) is 13.2. The van der Waals surface area contributed by atoms with Crippen molar-refractivity contribution in [1.29, 1.82) is 0 Å². The zero-order valence-electron chi connectivity index (χ0n) is 13.2. The first kappa shape index (κ1) is 13.9. The molecule has 3 aliphatic rings. The third-order valence-electron chi connectivity index (χ3n) is 7.57. The minimum Gasteiger partial charge on any atom is -0.393 e. The van der Waals surface area contributed by atoms with Crippen LogP contribution in [0.2, 0.25) is 0 Å². The molecule has 0 bridgehead atoms. The second-order valence-electron chi connectivity index (χ2n) is 8.44. The van der Waals surface area contributed by atoms with E-state index in [1.807, 2.05) is 0 Å². The Kier molecular flexibility index (Phi) is 3.48. The molecule has 0 amide bonds. The predicted molar refractivity (Wildman–Crippen MR) is 79.8 cm³/mol. The van der Waals surface area contributed by atoms with E-state index in [1.165, 1.54) is 25.7 Å². The van der Waals surface area contributed by atoms with E-state index in [0.29, 0.717) is 5.41 Å². The quantitative estimate of drug-likeness (QED) is 0.683. The third kappa shape index (κ3) is 2.07. The maximum Gasteiger partial charge on any atom is 0.0543 e. The average molecular weight is 264 g/mol. The molecule has 110 valence electrons. The van der Waals surface area contributed by atoms with Gasteiger partial charge in [0.25, 0.3) is 0 Å². The SMILES string of the molecule is CC1CCC2C(C(C)CC3CC(O)CCC32C)C1C. The van der Waals surface area contributed by atoms with E-state index in [-0.39, 0.29) is 6.10 Å². The Bertz CT molecular complexity index is 339. The summed E-state index contributed by atoms with van der Waals surface area (Å²) in [5, 5.41) is 10.0. The Morgan fingerprint density at radius 1 is 0.947 bits per heavy atom. The number of hydrogen-bond donors (Lipinski definition) is 1. The van der Waals surface area contributed by atoms with Crippen LogP contribution in [-0.2, 0) is 0 Å². The number of aliphatic hydroxyl groups is 1. The van der Waals surface area contributed by atoms with E-state index in [9.17, 15) is 5.11 Å². The van der Waals surface area contributed by atoms with Crippen LogP contribution in [0.1, 0.15) is 66.2 Å². The van der Waals surface area contributed by atoms with Crippen molar-refractivity contribution in [2.45, 2.75) is 72.3 Å². The van der Waals surface area contributed by atoms with E-state index < -0.39 is 0 Å². The van der Waals surface area contributed by atoms with Gasteiger partial charge in [-0.3, -0.25) is 0 Å². The second-order valence-corrected chi connectivity index (χ2v) is 8.44. The summed E-state index contributed by atoms with van der Waals surface area (Å²) in [7, 11) is 0. The molecule has 0 aliphatic heterocycles. The Morgan fingerprint density at radius 2 is 1.68 bits per heavy atom. The van der Waals surface area contributed by atoms with Crippen molar-refractivity contribution >= 4 is 0 Å². The van der Waals surface area contributed by atoms with Crippen LogP contribution in [0.5, 0.6) is 0 Å². The van der Waals surface area contributed by atoms with Crippen molar-refractivity contribution in [1.82, 2.24) is 0 Å². The molecule has 0 aromatic rings. The molecule has 3 saturated carbocycles. The largest absolute Gasteiger partial charge is 0.393 e. The van der Waals surface area contributed by atoms with Crippen LogP contribution in [0.3, 0.4) is 0 Å². The van der Waals surface area contributed by atoms with Gasteiger partial charge in [0, 0.05) is 0 Å². The molecule has 0 aromatic carbocycles. The van der Waals surface area contributed by atoms with Crippen LogP contribution in [0.4, 0.5) is 0 Å². The molecule has 3 fully saturated rings. The topological polar surface area (TPSA) is 20.2 Å². The normalized spacial score (nSPS) is 58.3. The summed E-state index contributed by atoms with van der Waals surface area (Å²) in [6.45, 7) is 10.0. The highest BCUT2D eigenvalue weighted by molar-refractivity contribution is 5.04. The van der Waals surface area contributed by atoms with Gasteiger partial charge in [0.2, 0.25) is 0 Å². The van der Waals surface area contributed by atoms with Gasteiger partial charge < -0.3 is 5.11 Å². The molecular formula is C18H32O. The Labute approximate surface area is 119 Å². The summed E-state index contributed by atoms with van der Waals surface area (Å²) >= 11 is 0. The lowest BCUT2D eigenvalue weighted by atomic mass is 9.45. The van der Waals surface area contributed by atoms with Crippen molar-refractivity contribution < 1.29 is 5.11 Å². The van der Waals surface area contributed by atoms with E-state index in [4.69, 9.17) is 0 Å². The standard InChI is InChI=1S/C18H32O/c1-11-5-6-16-17(13(11)3)12(2)9-14-10-15(19)7-8-18(14,16)4/h11-17,19H,5-10H2,1-4H3. The first-order chi connectivity index (χ1) is 8.93. The molecule has 8 unspecified atom stereocenters. The van der Waals surface area contributed by atoms with Crippen LogP contribution in [0.15, 0.2) is 0 Å². The summed E-state index contributed by atoms with van der Waals surface area (Å²) in [6, 6.07) is 0. The lowest BCUT2D eigenvalue weighted by molar-refractivity contribution is -0.128. The number of rotatable bonds is 0. The van der Waals surface area contributed by atoms with Gasteiger partial charge in [-0.15, -0.1) is 0 Å². The molecular weight excluding hydrogens is 232 g/mol. The Hall–Kier alpha value is -0.0400. The van der Waals surface area contributed by atoms with Crippen LogP contribution in [-0.4, -0.2) is 11.2 Å². The molecule has 8 atom stereocenters. The van der Waals surface area contributed by atoms with Gasteiger partial charge in [-0.05, 0) is 73.0 Å². The Balaban J connectivity index is 1.89. The fourth-order valence-electron chi connectivity index (χ4n) is 6.18. The summed E-state index contributed by atoms with van der Waals surface area (Å²) in [4.78, 5) is 0. The van der Waals surface area contributed by atoms with Gasteiger partial charge in [0.1, 0.15) is 0 Å². The second kappa shape index (κ2) is 4.76. The molecule has 1 N–H and O–H groups in total. The lowest BCUT2D eigenvalue weighted by Crippen LogP contribution is -2.54. The highest BCUT2D eigenvalue weighted by Crippen LogP contribution is 2.62. The number of aliphatic hydroxyl groups excluding tert-OH is 1. The van der Waals surface area contributed by atoms with Crippen molar-refractivity contribution in [3.8, 4) is 0 Å². The molecule has 0 radical (unpaired) electrons. The summed E-state index contributed by atoms with van der Waals surface area (Å²) in [6.07, 6.45) is 7.63. The van der Waals surface area contributed by atoms with Gasteiger partial charge in [0.05, 0.1) is 6.10 Å². The summed E-state index contributed by atoms with van der Waals surface area (Å²) in [5.74, 6) is 5.34. The highest BCUT2D eigenvalue weighted by atomic mass is 16.3. The van der Waals surface area contributed by atoms with Crippen molar-refractivity contribution in [2.75, 3.05) is 0 Å². The molecule has 0 heterocycles. The molecule has 1 nitrogen and oxygen atoms in total. The lowest BCUT2D eigenvalue weighted by Gasteiger charge is -2.60. The molecule has 19 heavy (non-hydrogen) atoms. The zero-order chi connectivity index (χ0) is 13.8. The monoisotopic (exact) mass is 264 g/mol. The minimum absolute atomic E-state index is 0.0123. The highest BCUT2D eigenvalue weighted by Gasteiger charge is 2.55. The van der Waals surface area contributed by atoms with Crippen molar-refractivity contribution in [3.63, 3.8) is 0 Å². The first-order valence-electron chi connectivity index (χ1n) is 8.61. The summed E-state index contributed by atoms with van der Waals surface area (Å²) < 4.78 is 0. The predicted octanol–water partition coefficient (Wildman–Crippen LogP) is 4.49. The van der Waals surface area contributed by atoms with Gasteiger partial charge >= 0.3 is 0 Å². The van der Waals surface area contributed by atoms with E-state index in [2.05, 4.69) is 27.7 Å². The average Bonchev–Trinajstić information content (AvgIpc) is 2.36. The van der Waals surface area contributed by atoms with E-state index in [1.54, 1.807) is 0 Å². The number of hydrogen-bond acceptors (Lipinski definition) is 1. The molecule has 3 rings (SSSR count). The van der Waals surface area contributed by atoms with Crippen LogP contribution in [0, 0.1) is 40.9 Å². The molecule has 0 spiro atoms. The van der Waals surface area contributed by atoms with Crippen molar-refractivity contribution in [2.24, 2.45) is 40.9 Å². The van der Waals surface area contributed by atoms with Gasteiger partial charge in [-0.25, -0.2) is 0 Å².